The molecule has 0 aromatic carbocycles. The monoisotopic (exact) mass is 423 g/mol. The van der Waals surface area contributed by atoms with Gasteiger partial charge >= 0.3 is 13.5 Å². The van der Waals surface area contributed by atoms with Crippen molar-refractivity contribution in [1.29, 1.82) is 0 Å². The molecule has 1 aromatic heterocycles. The molecule has 0 unspecified atom stereocenters. The number of nitrogens with zero attached hydrogens (tertiary/aromatic N) is 1. The molecule has 4 atom stereocenters. The van der Waals surface area contributed by atoms with Crippen LogP contribution in [0.15, 0.2) is 21.9 Å². The van der Waals surface area contributed by atoms with Crippen molar-refractivity contribution in [2.45, 2.75) is 50.2 Å². The van der Waals surface area contributed by atoms with Gasteiger partial charge in [-0.2, -0.15) is 0 Å². The Morgan fingerprint density at radius 2 is 1.93 bits per heavy atom. The number of aromatic amines is 1. The number of aliphatic hydroxyl groups is 1. The van der Waals surface area contributed by atoms with Crippen LogP contribution in [0.3, 0.4) is 0 Å². The summed E-state index contributed by atoms with van der Waals surface area (Å²) in [6, 6.07) is 1.10. The Morgan fingerprint density at radius 3 is 2.54 bits per heavy atom. The summed E-state index contributed by atoms with van der Waals surface area (Å²) in [4.78, 5) is 43.9. The van der Waals surface area contributed by atoms with Crippen LogP contribution in [-0.4, -0.2) is 62.5 Å². The van der Waals surface area contributed by atoms with Gasteiger partial charge in [-0.25, -0.2) is 9.36 Å². The number of ether oxygens (including phenoxy) is 2. The smallest absolute Gasteiger partial charge is 0.394 e. The van der Waals surface area contributed by atoms with E-state index in [1.54, 1.807) is 0 Å². The lowest BCUT2D eigenvalue weighted by Gasteiger charge is -2.25. The highest BCUT2D eigenvalue weighted by Gasteiger charge is 2.49. The van der Waals surface area contributed by atoms with Crippen molar-refractivity contribution < 1.29 is 33.5 Å². The quantitative estimate of drug-likeness (QED) is 0.214. The Balaban J connectivity index is 2.21. The van der Waals surface area contributed by atoms with Crippen molar-refractivity contribution in [2.75, 3.05) is 19.8 Å². The number of nitrogens with two attached hydrogens (primary N) is 1. The van der Waals surface area contributed by atoms with E-state index >= 15 is 0 Å². The molecule has 2 heterocycles. The van der Waals surface area contributed by atoms with Gasteiger partial charge in [0.1, 0.15) is 18.3 Å². The van der Waals surface area contributed by atoms with E-state index in [-0.39, 0.29) is 6.61 Å². The molecule has 0 aliphatic carbocycles. The van der Waals surface area contributed by atoms with Gasteiger partial charge in [-0.15, -0.1) is 0 Å². The summed E-state index contributed by atoms with van der Waals surface area (Å²) in [7, 11) is -4.92. The summed E-state index contributed by atoms with van der Waals surface area (Å²) >= 11 is 0. The largest absolute Gasteiger partial charge is 0.470 e. The van der Waals surface area contributed by atoms with Crippen LogP contribution < -0.4 is 17.0 Å². The summed E-state index contributed by atoms with van der Waals surface area (Å²) in [5.41, 5.74) is 4.04. The Bertz CT molecular complexity index is 777. The molecule has 28 heavy (non-hydrogen) atoms. The lowest BCUT2D eigenvalue weighted by molar-refractivity contribution is -0.0747. The second kappa shape index (κ2) is 10.4. The van der Waals surface area contributed by atoms with Crippen LogP contribution in [0.4, 0.5) is 0 Å². The van der Waals surface area contributed by atoms with E-state index < -0.39 is 50.2 Å². The van der Waals surface area contributed by atoms with Crippen LogP contribution in [-0.2, 0) is 18.6 Å². The summed E-state index contributed by atoms with van der Waals surface area (Å²) in [5.74, 6) is 0. The van der Waals surface area contributed by atoms with E-state index in [2.05, 4.69) is 4.98 Å². The molecule has 6 N–H and O–H groups in total. The molecule has 0 spiro atoms. The van der Waals surface area contributed by atoms with Crippen molar-refractivity contribution in [1.82, 2.24) is 9.55 Å². The zero-order valence-corrected chi connectivity index (χ0v) is 16.1. The highest BCUT2D eigenvalue weighted by Crippen LogP contribution is 2.44. The van der Waals surface area contributed by atoms with Gasteiger partial charge in [-0.05, 0) is 19.4 Å². The fraction of sp³-hybridized carbons (Fsp3) is 0.733. The molecule has 0 radical (unpaired) electrons. The van der Waals surface area contributed by atoms with Crippen LogP contribution in [0.1, 0.15) is 31.9 Å². The number of aromatic nitrogens is 2. The first-order valence-corrected chi connectivity index (χ1v) is 10.4. The molecule has 1 aliphatic rings. The second-order valence-corrected chi connectivity index (χ2v) is 7.56. The zero-order valence-electron chi connectivity index (χ0n) is 15.2. The lowest BCUT2D eigenvalue weighted by atomic mass is 10.1. The molecule has 12 nitrogen and oxygen atoms in total. The number of aliphatic hydroxyl groups excluding tert-OH is 1. The SMILES string of the molecule is NCCCCCCO[C@@H]1[C@H](OP(=O)(O)O)[C@@H](CO)O[C@H]1n1ccc(=O)[nH]c1=O. The summed E-state index contributed by atoms with van der Waals surface area (Å²) < 4.78 is 28.5. The Kier molecular flexibility index (Phi) is 8.53. The maximum Gasteiger partial charge on any atom is 0.470 e. The maximum absolute atomic E-state index is 12.1. The minimum absolute atomic E-state index is 0.215. The standard InChI is InChI=1S/C15H26N3O9P/c16-6-3-1-2-4-8-25-13-12(27-28(22,23)24)10(9-19)26-14(13)18-7-5-11(20)17-15(18)21/h5,7,10,12-14,19H,1-4,6,8-9,16H2,(H,17,20,21)(H2,22,23,24)/t10-,12-,13-,14-/m1/s1. The molecular formula is C15H26N3O9P. The van der Waals surface area contributed by atoms with E-state index in [1.165, 1.54) is 6.20 Å². The second-order valence-electron chi connectivity index (χ2n) is 6.36. The molecule has 0 amide bonds. The van der Waals surface area contributed by atoms with Gasteiger partial charge in [0.25, 0.3) is 5.56 Å². The van der Waals surface area contributed by atoms with Crippen LogP contribution in [0, 0.1) is 0 Å². The predicted molar refractivity (Wildman–Crippen MR) is 96.5 cm³/mol. The molecule has 2 rings (SSSR count). The first kappa shape index (κ1) is 22.9. The molecule has 1 saturated heterocycles. The van der Waals surface area contributed by atoms with Crippen molar-refractivity contribution in [3.8, 4) is 0 Å². The number of rotatable bonds is 11. The molecule has 1 aliphatic heterocycles. The Morgan fingerprint density at radius 1 is 1.21 bits per heavy atom. The third-order valence-corrected chi connectivity index (χ3v) is 4.78. The molecule has 0 bridgehead atoms. The fourth-order valence-electron chi connectivity index (χ4n) is 2.99. The van der Waals surface area contributed by atoms with Gasteiger partial charge in [0.05, 0.1) is 6.61 Å². The van der Waals surface area contributed by atoms with E-state index in [4.69, 9.17) is 19.7 Å². The first-order valence-electron chi connectivity index (χ1n) is 8.90. The van der Waals surface area contributed by atoms with Gasteiger partial charge < -0.3 is 30.1 Å². The van der Waals surface area contributed by atoms with Crippen molar-refractivity contribution in [3.05, 3.63) is 33.1 Å². The van der Waals surface area contributed by atoms with Crippen LogP contribution >= 0.6 is 7.82 Å². The van der Waals surface area contributed by atoms with Gasteiger partial charge in [-0.3, -0.25) is 18.9 Å². The number of hydrogen-bond acceptors (Lipinski definition) is 8. The Hall–Kier alpha value is -1.37. The minimum Gasteiger partial charge on any atom is -0.394 e. The number of unbranched alkanes of at least 4 members (excludes halogenated alkanes) is 3. The zero-order chi connectivity index (χ0) is 20.7. The third-order valence-electron chi connectivity index (χ3n) is 4.26. The van der Waals surface area contributed by atoms with Crippen LogP contribution in [0.25, 0.3) is 0 Å². The van der Waals surface area contributed by atoms with Crippen LogP contribution in [0.2, 0.25) is 0 Å². The van der Waals surface area contributed by atoms with Crippen LogP contribution in [0.5, 0.6) is 0 Å². The van der Waals surface area contributed by atoms with Crippen molar-refractivity contribution >= 4 is 7.82 Å². The molecule has 13 heteroatoms. The normalized spacial score (nSPS) is 25.3. The predicted octanol–water partition coefficient (Wildman–Crippen LogP) is -1.19. The average molecular weight is 423 g/mol. The molecular weight excluding hydrogens is 397 g/mol. The lowest BCUT2D eigenvalue weighted by Crippen LogP contribution is -2.40. The first-order chi connectivity index (χ1) is 13.3. The fourth-order valence-corrected chi connectivity index (χ4v) is 3.56. The summed E-state index contributed by atoms with van der Waals surface area (Å²) in [5, 5.41) is 9.53. The van der Waals surface area contributed by atoms with E-state index in [1.807, 2.05) is 0 Å². The number of phosphoric acid groups is 1. The van der Waals surface area contributed by atoms with Gasteiger partial charge in [0.2, 0.25) is 0 Å². The number of H-pyrrole nitrogens is 1. The highest BCUT2D eigenvalue weighted by atomic mass is 31.2. The van der Waals surface area contributed by atoms with E-state index in [0.29, 0.717) is 13.0 Å². The molecule has 0 saturated carbocycles. The van der Waals surface area contributed by atoms with Gasteiger partial charge in [0.15, 0.2) is 6.23 Å². The minimum atomic E-state index is -4.92. The van der Waals surface area contributed by atoms with E-state index in [0.717, 1.165) is 29.9 Å². The number of nitrogens with one attached hydrogen (secondary N) is 1. The number of phosphoric ester groups is 1. The molecule has 1 aromatic rings. The Labute approximate surface area is 160 Å². The molecule has 160 valence electrons. The van der Waals surface area contributed by atoms with Gasteiger partial charge in [-0.1, -0.05) is 12.8 Å². The van der Waals surface area contributed by atoms with Gasteiger partial charge in [0, 0.05) is 18.9 Å². The molecule has 1 fully saturated rings. The maximum atomic E-state index is 12.1. The summed E-state index contributed by atoms with van der Waals surface area (Å²) in [6.07, 6.45) is -0.262. The van der Waals surface area contributed by atoms with E-state index in [9.17, 15) is 29.0 Å². The van der Waals surface area contributed by atoms with Crippen molar-refractivity contribution in [3.63, 3.8) is 0 Å². The average Bonchev–Trinajstić information content (AvgIpc) is 2.93. The topological polar surface area (TPSA) is 186 Å². The summed E-state index contributed by atoms with van der Waals surface area (Å²) in [6.45, 7) is 0.187. The van der Waals surface area contributed by atoms with Crippen molar-refractivity contribution in [2.24, 2.45) is 5.73 Å². The third kappa shape index (κ3) is 6.33. The highest BCUT2D eigenvalue weighted by molar-refractivity contribution is 7.46. The number of hydrogen-bond donors (Lipinski definition) is 5.